The molecule has 0 N–H and O–H groups in total. The van der Waals surface area contributed by atoms with Gasteiger partial charge in [-0.1, -0.05) is 39.8 Å². The molecule has 0 aliphatic rings. The van der Waals surface area contributed by atoms with Crippen molar-refractivity contribution in [2.45, 2.75) is 65.4 Å². The molecule has 4 nitrogen and oxygen atoms in total. The van der Waals surface area contributed by atoms with Gasteiger partial charge in [0.2, 0.25) is 0 Å². The molecule has 0 aromatic heterocycles. The highest BCUT2D eigenvalue weighted by Gasteiger charge is 2.58. The Morgan fingerprint density at radius 2 is 1.40 bits per heavy atom. The first-order chi connectivity index (χ1) is 11.3. The Labute approximate surface area is 145 Å². The van der Waals surface area contributed by atoms with Crippen molar-refractivity contribution in [1.82, 2.24) is 0 Å². The van der Waals surface area contributed by atoms with E-state index in [2.05, 4.69) is 24.8 Å². The highest BCUT2D eigenvalue weighted by atomic mass is 19.3. The average Bonchev–Trinajstić information content (AvgIpc) is 2.51. The van der Waals surface area contributed by atoms with Gasteiger partial charge in [-0.2, -0.15) is 17.6 Å². The summed E-state index contributed by atoms with van der Waals surface area (Å²) < 4.78 is 58.4. The quantitative estimate of drug-likeness (QED) is 0.247. The van der Waals surface area contributed by atoms with Crippen LogP contribution < -0.4 is 0 Å². The smallest absolute Gasteiger partial charge is 0.462 e. The van der Waals surface area contributed by atoms with E-state index in [-0.39, 0.29) is 11.5 Å². The molecule has 0 aliphatic heterocycles. The fourth-order valence-corrected chi connectivity index (χ4v) is 1.12. The monoisotopic (exact) mass is 370 g/mol. The van der Waals surface area contributed by atoms with Gasteiger partial charge in [0.1, 0.15) is 0 Å². The lowest BCUT2D eigenvalue weighted by molar-refractivity contribution is -0.329. The zero-order valence-electron chi connectivity index (χ0n) is 15.1. The third kappa shape index (κ3) is 10.6. The molecule has 0 aliphatic carbocycles. The van der Waals surface area contributed by atoms with Crippen molar-refractivity contribution in [3.8, 4) is 0 Å². The maximum absolute atomic E-state index is 12.6. The van der Waals surface area contributed by atoms with Crippen LogP contribution in [0.1, 0.15) is 53.4 Å². The molecule has 0 radical (unpaired) electrons. The van der Waals surface area contributed by atoms with Crippen LogP contribution >= 0.6 is 0 Å². The maximum Gasteiger partial charge on any atom is 0.466 e. The molecule has 146 valence electrons. The number of rotatable bonds is 9. The van der Waals surface area contributed by atoms with Gasteiger partial charge in [-0.3, -0.25) is 0 Å². The summed E-state index contributed by atoms with van der Waals surface area (Å²) in [5.41, 5.74) is 0.109. The van der Waals surface area contributed by atoms with Gasteiger partial charge in [-0.25, -0.2) is 9.59 Å². The van der Waals surface area contributed by atoms with Crippen LogP contribution in [0.25, 0.3) is 0 Å². The molecule has 0 saturated carbocycles. The minimum Gasteiger partial charge on any atom is -0.462 e. The number of hydrogen-bond donors (Lipinski definition) is 0. The van der Waals surface area contributed by atoms with Crippen molar-refractivity contribution in [3.05, 3.63) is 24.3 Å². The minimum absolute atomic E-state index is 0.277. The second kappa shape index (κ2) is 11.7. The van der Waals surface area contributed by atoms with Crippen LogP contribution in [0.15, 0.2) is 24.3 Å². The van der Waals surface area contributed by atoms with E-state index in [1.54, 1.807) is 6.92 Å². The summed E-state index contributed by atoms with van der Waals surface area (Å²) in [5.74, 6) is -6.18. The predicted octanol–water partition coefficient (Wildman–Crippen LogP) is 5.04. The molecular formula is C17H26F4O4. The first kappa shape index (κ1) is 25.4. The van der Waals surface area contributed by atoms with Gasteiger partial charge in [-0.05, 0) is 20.3 Å². The van der Waals surface area contributed by atoms with Gasteiger partial charge < -0.3 is 9.47 Å². The van der Waals surface area contributed by atoms with Crippen molar-refractivity contribution in [3.63, 3.8) is 0 Å². The topological polar surface area (TPSA) is 52.6 Å². The normalized spacial score (nSPS) is 11.0. The van der Waals surface area contributed by atoms with Gasteiger partial charge in [0.25, 0.3) is 0 Å². The Morgan fingerprint density at radius 1 is 0.920 bits per heavy atom. The second-order valence-corrected chi connectivity index (χ2v) is 5.37. The summed E-state index contributed by atoms with van der Waals surface area (Å²) in [6.45, 7) is 12.7. The van der Waals surface area contributed by atoms with Gasteiger partial charge in [-0.15, -0.1) is 0 Å². The number of esters is 2. The third-order valence-corrected chi connectivity index (χ3v) is 2.77. The number of halogens is 4. The highest BCUT2D eigenvalue weighted by molar-refractivity contribution is 5.87. The lowest BCUT2D eigenvalue weighted by Crippen LogP contribution is -2.43. The van der Waals surface area contributed by atoms with E-state index >= 15 is 0 Å². The SMILES string of the molecule is C=C(C)C(=O)OC(F)(F)C(F)(F)CC.C=C(C)C(=O)OCCCCC. The van der Waals surface area contributed by atoms with Crippen LogP contribution in [0.2, 0.25) is 0 Å². The summed E-state index contributed by atoms with van der Waals surface area (Å²) in [5, 5.41) is 0. The molecule has 0 aromatic rings. The zero-order chi connectivity index (χ0) is 20.3. The molecule has 0 heterocycles. The van der Waals surface area contributed by atoms with Crippen molar-refractivity contribution in [2.24, 2.45) is 0 Å². The molecule has 0 spiro atoms. The van der Waals surface area contributed by atoms with Crippen LogP contribution in [0.4, 0.5) is 17.6 Å². The summed E-state index contributed by atoms with van der Waals surface area (Å²) in [7, 11) is 0. The summed E-state index contributed by atoms with van der Waals surface area (Å²) in [6.07, 6.45) is -2.70. The first-order valence-electron chi connectivity index (χ1n) is 7.79. The molecular weight excluding hydrogens is 344 g/mol. The van der Waals surface area contributed by atoms with E-state index in [4.69, 9.17) is 4.74 Å². The van der Waals surface area contributed by atoms with Gasteiger partial charge in [0, 0.05) is 17.6 Å². The average molecular weight is 370 g/mol. The minimum atomic E-state index is -4.79. The van der Waals surface area contributed by atoms with Crippen molar-refractivity contribution in [2.75, 3.05) is 6.61 Å². The summed E-state index contributed by atoms with van der Waals surface area (Å²) in [6, 6.07) is 0. The maximum atomic E-state index is 12.6. The standard InChI is InChI=1S/C9H16O2.C8H10F4O2/c1-4-5-6-7-11-9(10)8(2)3;1-4-7(9,10)8(11,12)14-6(13)5(2)3/h2,4-7H2,1,3H3;2,4H2,1,3H3. The number of carbonyl (C=O) groups is 2. The Hall–Kier alpha value is -1.86. The number of unbranched alkanes of at least 4 members (excludes halogenated alkanes) is 2. The van der Waals surface area contributed by atoms with Crippen LogP contribution in [0.5, 0.6) is 0 Å². The Balaban J connectivity index is 0. The summed E-state index contributed by atoms with van der Waals surface area (Å²) in [4.78, 5) is 21.4. The Bertz CT molecular complexity index is 473. The summed E-state index contributed by atoms with van der Waals surface area (Å²) >= 11 is 0. The van der Waals surface area contributed by atoms with E-state index in [0.717, 1.165) is 33.1 Å². The number of hydrogen-bond acceptors (Lipinski definition) is 4. The molecule has 0 unspecified atom stereocenters. The molecule has 0 rings (SSSR count). The van der Waals surface area contributed by atoms with Crippen molar-refractivity contribution in [1.29, 1.82) is 0 Å². The third-order valence-electron chi connectivity index (χ3n) is 2.77. The number of carbonyl (C=O) groups excluding carboxylic acids is 2. The molecule has 0 fully saturated rings. The van der Waals surface area contributed by atoms with E-state index in [9.17, 15) is 27.2 Å². The molecule has 0 atom stereocenters. The van der Waals surface area contributed by atoms with Crippen LogP contribution in [-0.2, 0) is 19.1 Å². The zero-order valence-corrected chi connectivity index (χ0v) is 15.1. The molecule has 0 bridgehead atoms. The molecule has 0 aromatic carbocycles. The first-order valence-corrected chi connectivity index (χ1v) is 7.79. The predicted molar refractivity (Wildman–Crippen MR) is 86.4 cm³/mol. The van der Waals surface area contributed by atoms with Gasteiger partial charge in [0.15, 0.2) is 0 Å². The van der Waals surface area contributed by atoms with Gasteiger partial charge in [0.05, 0.1) is 6.61 Å². The lowest BCUT2D eigenvalue weighted by Gasteiger charge is -2.24. The lowest BCUT2D eigenvalue weighted by atomic mass is 10.2. The fourth-order valence-electron chi connectivity index (χ4n) is 1.12. The Morgan fingerprint density at radius 3 is 1.76 bits per heavy atom. The number of alkyl halides is 4. The van der Waals surface area contributed by atoms with E-state index in [0.29, 0.717) is 12.2 Å². The van der Waals surface area contributed by atoms with E-state index < -0.39 is 24.4 Å². The van der Waals surface area contributed by atoms with E-state index in [1.165, 1.54) is 0 Å². The van der Waals surface area contributed by atoms with Crippen LogP contribution in [0.3, 0.4) is 0 Å². The van der Waals surface area contributed by atoms with Crippen molar-refractivity contribution >= 4 is 11.9 Å². The number of ether oxygens (including phenoxy) is 2. The van der Waals surface area contributed by atoms with E-state index in [1.807, 2.05) is 0 Å². The fraction of sp³-hybridized carbons (Fsp3) is 0.647. The molecule has 0 saturated heterocycles. The molecule has 8 heteroatoms. The Kier molecular flexibility index (Phi) is 11.8. The van der Waals surface area contributed by atoms with Crippen molar-refractivity contribution < 1.29 is 36.6 Å². The van der Waals surface area contributed by atoms with Gasteiger partial charge >= 0.3 is 24.0 Å². The largest absolute Gasteiger partial charge is 0.466 e. The van der Waals surface area contributed by atoms with Crippen LogP contribution in [0, 0.1) is 0 Å². The molecule has 25 heavy (non-hydrogen) atoms. The second-order valence-electron chi connectivity index (χ2n) is 5.37. The highest BCUT2D eigenvalue weighted by Crippen LogP contribution is 2.38. The molecule has 0 amide bonds. The van der Waals surface area contributed by atoms with Crippen LogP contribution in [-0.4, -0.2) is 30.6 Å².